The number of anilines is 1. The summed E-state index contributed by atoms with van der Waals surface area (Å²) in [4.78, 5) is 3.99. The highest BCUT2D eigenvalue weighted by atomic mass is 32.2. The summed E-state index contributed by atoms with van der Waals surface area (Å²) in [5.41, 5.74) is 2.31. The maximum absolute atomic E-state index is 12.5. The van der Waals surface area contributed by atoms with Gasteiger partial charge in [-0.1, -0.05) is 0 Å². The Morgan fingerprint density at radius 2 is 2.39 bits per heavy atom. The zero-order chi connectivity index (χ0) is 13.2. The van der Waals surface area contributed by atoms with Crippen LogP contribution in [0.15, 0.2) is 23.2 Å². The molecule has 0 aromatic carbocycles. The molecular weight excluding hydrogens is 256 g/mol. The number of hydrazine groups is 1. The smallest absolute Gasteiger partial charge is 0.247 e. The number of ether oxygens (including phenoxy) is 1. The fourth-order valence-corrected chi connectivity index (χ4v) is 3.61. The maximum atomic E-state index is 12.5. The lowest BCUT2D eigenvalue weighted by molar-refractivity contribution is 0.0393. The summed E-state index contributed by atoms with van der Waals surface area (Å²) in [6.07, 6.45) is 1.48. The van der Waals surface area contributed by atoms with Crippen LogP contribution in [-0.4, -0.2) is 43.5 Å². The third kappa shape index (κ3) is 2.32. The molecule has 1 fully saturated rings. The van der Waals surface area contributed by atoms with Crippen LogP contribution in [0.5, 0.6) is 0 Å². The van der Waals surface area contributed by atoms with Crippen molar-refractivity contribution >= 4 is 15.8 Å². The van der Waals surface area contributed by atoms with Gasteiger partial charge >= 0.3 is 0 Å². The number of aromatic nitrogens is 1. The monoisotopic (exact) mass is 272 g/mol. The van der Waals surface area contributed by atoms with Crippen LogP contribution in [0.1, 0.15) is 6.92 Å². The summed E-state index contributed by atoms with van der Waals surface area (Å²) in [7, 11) is -3.61. The predicted molar refractivity (Wildman–Crippen MR) is 66.2 cm³/mol. The van der Waals surface area contributed by atoms with Crippen LogP contribution in [0.25, 0.3) is 0 Å². The Hall–Kier alpha value is -1.22. The van der Waals surface area contributed by atoms with E-state index in [0.29, 0.717) is 19.8 Å². The van der Waals surface area contributed by atoms with Crippen molar-refractivity contribution in [2.75, 3.05) is 25.2 Å². The summed E-state index contributed by atoms with van der Waals surface area (Å²) in [6, 6.07) is 2.85. The quantitative estimate of drug-likeness (QED) is 0.583. The second-order valence-electron chi connectivity index (χ2n) is 4.03. The van der Waals surface area contributed by atoms with E-state index in [1.54, 1.807) is 6.07 Å². The molecule has 1 aromatic heterocycles. The molecule has 1 aromatic rings. The molecule has 2 rings (SSSR count). The number of hydrogen-bond acceptors (Lipinski definition) is 6. The molecular formula is C10H16N4O3S. The number of nitrogens with two attached hydrogens (primary N) is 1. The Morgan fingerprint density at radius 3 is 3.06 bits per heavy atom. The third-order valence-corrected chi connectivity index (χ3v) is 4.85. The van der Waals surface area contributed by atoms with Gasteiger partial charge in [0.05, 0.1) is 13.2 Å². The van der Waals surface area contributed by atoms with Crippen molar-refractivity contribution in [3.05, 3.63) is 18.3 Å². The number of nitrogens with one attached hydrogen (secondary N) is 1. The Labute approximate surface area is 106 Å². The van der Waals surface area contributed by atoms with Gasteiger partial charge in [0, 0.05) is 18.8 Å². The molecule has 100 valence electrons. The number of nitrogens with zero attached hydrogens (tertiary/aromatic N) is 2. The lowest BCUT2D eigenvalue weighted by Gasteiger charge is -2.32. The molecule has 1 saturated heterocycles. The van der Waals surface area contributed by atoms with Crippen molar-refractivity contribution in [2.45, 2.75) is 17.9 Å². The first-order valence-electron chi connectivity index (χ1n) is 5.58. The molecule has 0 spiro atoms. The van der Waals surface area contributed by atoms with Gasteiger partial charge in [-0.2, -0.15) is 4.31 Å². The molecule has 1 atom stereocenters. The van der Waals surface area contributed by atoms with Gasteiger partial charge in [-0.05, 0) is 19.1 Å². The number of rotatable bonds is 3. The largest absolute Gasteiger partial charge is 0.378 e. The number of morpholine rings is 1. The van der Waals surface area contributed by atoms with Crippen LogP contribution in [0.4, 0.5) is 5.82 Å². The second kappa shape index (κ2) is 5.19. The van der Waals surface area contributed by atoms with Crippen LogP contribution in [0, 0.1) is 0 Å². The first-order chi connectivity index (χ1) is 8.57. The topological polar surface area (TPSA) is 97.5 Å². The Balaban J connectivity index is 2.41. The van der Waals surface area contributed by atoms with E-state index in [9.17, 15) is 8.42 Å². The SMILES string of the molecule is CC1COCCN1S(=O)(=O)c1cccnc1NN. The van der Waals surface area contributed by atoms with E-state index in [2.05, 4.69) is 10.4 Å². The molecule has 7 nitrogen and oxygen atoms in total. The number of pyridine rings is 1. The van der Waals surface area contributed by atoms with E-state index in [1.165, 1.54) is 16.6 Å². The van der Waals surface area contributed by atoms with Gasteiger partial charge in [0.15, 0.2) is 5.82 Å². The molecule has 1 unspecified atom stereocenters. The van der Waals surface area contributed by atoms with Crippen molar-refractivity contribution in [3.8, 4) is 0 Å². The molecule has 0 bridgehead atoms. The van der Waals surface area contributed by atoms with Crippen molar-refractivity contribution in [3.63, 3.8) is 0 Å². The number of nitrogen functional groups attached to an aromatic ring is 1. The van der Waals surface area contributed by atoms with E-state index in [4.69, 9.17) is 10.6 Å². The van der Waals surface area contributed by atoms with Gasteiger partial charge < -0.3 is 10.2 Å². The number of hydrogen-bond donors (Lipinski definition) is 2. The summed E-state index contributed by atoms with van der Waals surface area (Å²) in [6.45, 7) is 2.94. The van der Waals surface area contributed by atoms with Gasteiger partial charge in [-0.25, -0.2) is 19.2 Å². The highest BCUT2D eigenvalue weighted by Crippen LogP contribution is 2.24. The minimum absolute atomic E-state index is 0.0845. The van der Waals surface area contributed by atoms with Gasteiger partial charge in [0.25, 0.3) is 0 Å². The number of sulfonamides is 1. The molecule has 1 aliphatic rings. The zero-order valence-corrected chi connectivity index (χ0v) is 10.9. The second-order valence-corrected chi connectivity index (χ2v) is 5.89. The van der Waals surface area contributed by atoms with E-state index < -0.39 is 10.0 Å². The maximum Gasteiger partial charge on any atom is 0.247 e. The van der Waals surface area contributed by atoms with E-state index in [1.807, 2.05) is 6.92 Å². The van der Waals surface area contributed by atoms with Gasteiger partial charge in [-0.15, -0.1) is 0 Å². The van der Waals surface area contributed by atoms with Crippen LogP contribution >= 0.6 is 0 Å². The molecule has 0 aliphatic carbocycles. The highest BCUT2D eigenvalue weighted by molar-refractivity contribution is 7.89. The van der Waals surface area contributed by atoms with Gasteiger partial charge in [0.2, 0.25) is 10.0 Å². The minimum atomic E-state index is -3.61. The molecule has 2 heterocycles. The van der Waals surface area contributed by atoms with Gasteiger partial charge in [-0.3, -0.25) is 0 Å². The summed E-state index contributed by atoms with van der Waals surface area (Å²) < 4.78 is 31.7. The molecule has 1 aliphatic heterocycles. The third-order valence-electron chi connectivity index (χ3n) is 2.80. The Kier molecular flexibility index (Phi) is 3.81. The Bertz CT molecular complexity index is 520. The highest BCUT2D eigenvalue weighted by Gasteiger charge is 2.33. The first kappa shape index (κ1) is 13.2. The van der Waals surface area contributed by atoms with Crippen LogP contribution in [-0.2, 0) is 14.8 Å². The first-order valence-corrected chi connectivity index (χ1v) is 7.02. The minimum Gasteiger partial charge on any atom is -0.378 e. The van der Waals surface area contributed by atoms with Gasteiger partial charge in [0.1, 0.15) is 4.90 Å². The molecule has 0 amide bonds. The molecule has 0 radical (unpaired) electrons. The molecule has 18 heavy (non-hydrogen) atoms. The van der Waals surface area contributed by atoms with Crippen molar-refractivity contribution in [1.29, 1.82) is 0 Å². The Morgan fingerprint density at radius 1 is 1.61 bits per heavy atom. The summed E-state index contributed by atoms with van der Waals surface area (Å²) in [5.74, 6) is 5.44. The lowest BCUT2D eigenvalue weighted by Crippen LogP contribution is -2.47. The summed E-state index contributed by atoms with van der Waals surface area (Å²) in [5, 5.41) is 0. The standard InChI is InChI=1S/C10H16N4O3S/c1-8-7-17-6-5-14(8)18(15,16)9-3-2-4-12-10(9)13-11/h2-4,8H,5-7,11H2,1H3,(H,12,13). The fraction of sp³-hybridized carbons (Fsp3) is 0.500. The zero-order valence-electron chi connectivity index (χ0n) is 10.0. The molecule has 3 N–H and O–H groups in total. The van der Waals surface area contributed by atoms with E-state index >= 15 is 0 Å². The van der Waals surface area contributed by atoms with Crippen LogP contribution < -0.4 is 11.3 Å². The lowest BCUT2D eigenvalue weighted by atomic mass is 10.3. The average molecular weight is 272 g/mol. The average Bonchev–Trinajstić information content (AvgIpc) is 2.39. The van der Waals surface area contributed by atoms with E-state index in [-0.39, 0.29) is 16.8 Å². The predicted octanol–water partition coefficient (Wildman–Crippen LogP) is -0.223. The van der Waals surface area contributed by atoms with Crippen molar-refractivity contribution in [2.24, 2.45) is 5.84 Å². The fourth-order valence-electron chi connectivity index (χ4n) is 1.90. The van der Waals surface area contributed by atoms with Crippen LogP contribution in [0.2, 0.25) is 0 Å². The molecule has 8 heteroatoms. The van der Waals surface area contributed by atoms with Crippen molar-refractivity contribution in [1.82, 2.24) is 9.29 Å². The van der Waals surface area contributed by atoms with Crippen molar-refractivity contribution < 1.29 is 13.2 Å². The molecule has 0 saturated carbocycles. The van der Waals surface area contributed by atoms with E-state index in [0.717, 1.165) is 0 Å². The summed E-state index contributed by atoms with van der Waals surface area (Å²) >= 11 is 0. The normalized spacial score (nSPS) is 21.8. The van der Waals surface area contributed by atoms with Crippen LogP contribution in [0.3, 0.4) is 0 Å².